The van der Waals surface area contributed by atoms with E-state index in [2.05, 4.69) is 15.5 Å². The predicted molar refractivity (Wildman–Crippen MR) is 96.8 cm³/mol. The van der Waals surface area contributed by atoms with Gasteiger partial charge in [-0.25, -0.2) is 4.79 Å². The molecule has 0 bridgehead atoms. The molecule has 0 aliphatic carbocycles. The van der Waals surface area contributed by atoms with Crippen LogP contribution in [-0.2, 0) is 0 Å². The molecule has 5 rings (SSSR count). The second-order valence-corrected chi connectivity index (χ2v) is 6.74. The molecule has 2 aromatic carbocycles. The largest absolute Gasteiger partial charge is 0.486 e. The first kappa shape index (κ1) is 15.9. The van der Waals surface area contributed by atoms with E-state index in [9.17, 15) is 4.79 Å². The van der Waals surface area contributed by atoms with Crippen molar-refractivity contribution < 1.29 is 13.9 Å². The van der Waals surface area contributed by atoms with Crippen LogP contribution in [0.15, 0.2) is 67.8 Å². The summed E-state index contributed by atoms with van der Waals surface area (Å²) in [6, 6.07) is 14.3. The summed E-state index contributed by atoms with van der Waals surface area (Å²) >= 11 is 1.29. The summed E-state index contributed by atoms with van der Waals surface area (Å²) in [5.41, 5.74) is 0.833. The Bertz CT molecular complexity index is 1200. The molecule has 0 saturated carbocycles. The van der Waals surface area contributed by atoms with Gasteiger partial charge in [-0.15, -0.1) is 5.10 Å². The smallest absolute Gasteiger partial charge is 0.337 e. The molecule has 0 saturated heterocycles. The second-order valence-electron chi connectivity index (χ2n) is 5.73. The summed E-state index contributed by atoms with van der Waals surface area (Å²) in [4.78, 5) is 12.6. The average molecular weight is 380 g/mol. The lowest BCUT2D eigenvalue weighted by atomic mass is 10.2. The van der Waals surface area contributed by atoms with Crippen molar-refractivity contribution in [3.05, 3.63) is 59.0 Å². The summed E-state index contributed by atoms with van der Waals surface area (Å²) in [6.07, 6.45) is 0. The van der Waals surface area contributed by atoms with Crippen molar-refractivity contribution in [3.63, 3.8) is 0 Å². The Hall–Kier alpha value is -3.33. The number of hydrogen-bond donors (Lipinski definition) is 0. The first-order valence-corrected chi connectivity index (χ1v) is 8.99. The first-order valence-electron chi connectivity index (χ1n) is 8.17. The molecule has 2 aromatic heterocycles. The van der Waals surface area contributed by atoms with Gasteiger partial charge in [-0.3, -0.25) is 0 Å². The van der Waals surface area contributed by atoms with E-state index < -0.39 is 5.63 Å². The van der Waals surface area contributed by atoms with Gasteiger partial charge in [-0.05, 0) is 40.4 Å². The fraction of sp³-hybridized carbons (Fsp3) is 0.111. The zero-order valence-corrected chi connectivity index (χ0v) is 14.7. The molecule has 0 fully saturated rings. The van der Waals surface area contributed by atoms with Gasteiger partial charge in [0.2, 0.25) is 5.16 Å². The van der Waals surface area contributed by atoms with Gasteiger partial charge in [0, 0.05) is 22.4 Å². The highest BCUT2D eigenvalue weighted by atomic mass is 32.2. The van der Waals surface area contributed by atoms with Crippen LogP contribution in [0, 0.1) is 0 Å². The minimum atomic E-state index is -0.422. The monoisotopic (exact) mass is 380 g/mol. The van der Waals surface area contributed by atoms with E-state index >= 15 is 0 Å². The lowest BCUT2D eigenvalue weighted by molar-refractivity contribution is 0.171. The van der Waals surface area contributed by atoms with E-state index in [-0.39, 0.29) is 0 Å². The van der Waals surface area contributed by atoms with Crippen molar-refractivity contribution in [1.29, 1.82) is 0 Å². The maximum atomic E-state index is 11.9. The molecular formula is C18H12N4O4S. The Kier molecular flexibility index (Phi) is 3.79. The van der Waals surface area contributed by atoms with Gasteiger partial charge < -0.3 is 13.9 Å². The van der Waals surface area contributed by atoms with Crippen LogP contribution in [-0.4, -0.2) is 33.4 Å². The number of hydrogen-bond acceptors (Lipinski definition) is 8. The zero-order chi connectivity index (χ0) is 18.2. The number of tetrazole rings is 1. The summed E-state index contributed by atoms with van der Waals surface area (Å²) in [6.45, 7) is 1.03. The van der Waals surface area contributed by atoms with E-state index in [0.717, 1.165) is 16.0 Å². The molecule has 0 spiro atoms. The van der Waals surface area contributed by atoms with Crippen LogP contribution in [0.5, 0.6) is 11.5 Å². The van der Waals surface area contributed by atoms with Crippen molar-refractivity contribution >= 4 is 22.7 Å². The Morgan fingerprint density at radius 1 is 1.00 bits per heavy atom. The topological polar surface area (TPSA) is 92.3 Å². The van der Waals surface area contributed by atoms with E-state index in [0.29, 0.717) is 35.5 Å². The van der Waals surface area contributed by atoms with Crippen LogP contribution in [0.25, 0.3) is 16.7 Å². The Balaban J connectivity index is 1.56. The minimum Gasteiger partial charge on any atom is -0.486 e. The first-order chi connectivity index (χ1) is 13.3. The highest BCUT2D eigenvalue weighted by Gasteiger charge is 2.17. The van der Waals surface area contributed by atoms with Gasteiger partial charge in [0.15, 0.2) is 11.5 Å². The standard InChI is InChI=1S/C18H12N4O4S/c23-17-10-16(12-3-1-2-4-13(12)26-17)27-18-19-20-21-22(18)11-5-6-14-15(9-11)25-8-7-24-14/h1-6,9-10H,7-8H2. The molecule has 3 heterocycles. The van der Waals surface area contributed by atoms with Crippen LogP contribution >= 0.6 is 11.8 Å². The van der Waals surface area contributed by atoms with Gasteiger partial charge in [-0.2, -0.15) is 4.68 Å². The third-order valence-corrected chi connectivity index (χ3v) is 5.02. The number of benzene rings is 2. The summed E-state index contributed by atoms with van der Waals surface area (Å²) in [5, 5.41) is 13.3. The normalized spacial score (nSPS) is 13.0. The van der Waals surface area contributed by atoms with E-state index in [1.807, 2.05) is 36.4 Å². The molecule has 0 radical (unpaired) electrons. The van der Waals surface area contributed by atoms with Gasteiger partial charge in [-0.1, -0.05) is 18.2 Å². The van der Waals surface area contributed by atoms with Crippen molar-refractivity contribution in [2.45, 2.75) is 10.1 Å². The second kappa shape index (κ2) is 6.44. The Morgan fingerprint density at radius 2 is 1.85 bits per heavy atom. The zero-order valence-electron chi connectivity index (χ0n) is 13.9. The molecule has 0 unspecified atom stereocenters. The fourth-order valence-corrected chi connectivity index (χ4v) is 3.77. The van der Waals surface area contributed by atoms with Crippen molar-refractivity contribution in [1.82, 2.24) is 20.2 Å². The molecule has 1 aliphatic rings. The molecule has 0 atom stereocenters. The van der Waals surface area contributed by atoms with E-state index in [1.165, 1.54) is 17.8 Å². The van der Waals surface area contributed by atoms with Crippen molar-refractivity contribution in [2.24, 2.45) is 0 Å². The van der Waals surface area contributed by atoms with Crippen LogP contribution in [0.1, 0.15) is 0 Å². The van der Waals surface area contributed by atoms with E-state index in [1.54, 1.807) is 10.7 Å². The summed E-state index contributed by atoms with van der Waals surface area (Å²) in [5.74, 6) is 1.34. The maximum Gasteiger partial charge on any atom is 0.337 e. The number of para-hydroxylation sites is 1. The molecule has 134 valence electrons. The summed E-state index contributed by atoms with van der Waals surface area (Å²) in [7, 11) is 0. The van der Waals surface area contributed by atoms with Gasteiger partial charge in [0.25, 0.3) is 0 Å². The lowest BCUT2D eigenvalue weighted by Gasteiger charge is -2.18. The highest BCUT2D eigenvalue weighted by Crippen LogP contribution is 2.35. The molecule has 27 heavy (non-hydrogen) atoms. The molecule has 4 aromatic rings. The summed E-state index contributed by atoms with van der Waals surface area (Å²) < 4.78 is 18.0. The SMILES string of the molecule is O=c1cc(Sc2nnnn2-c2ccc3c(c2)OCCO3)c2ccccc2o1. The molecular weight excluding hydrogens is 368 g/mol. The Morgan fingerprint density at radius 3 is 2.78 bits per heavy atom. The molecule has 0 amide bonds. The van der Waals surface area contributed by atoms with Gasteiger partial charge in [0.05, 0.1) is 5.69 Å². The lowest BCUT2D eigenvalue weighted by Crippen LogP contribution is -2.15. The van der Waals surface area contributed by atoms with E-state index in [4.69, 9.17) is 13.9 Å². The third-order valence-electron chi connectivity index (χ3n) is 4.02. The number of rotatable bonds is 3. The molecule has 0 N–H and O–H groups in total. The predicted octanol–water partition coefficient (Wildman–Crippen LogP) is 2.69. The van der Waals surface area contributed by atoms with Gasteiger partial charge >= 0.3 is 5.63 Å². The molecule has 9 heteroatoms. The number of fused-ring (bicyclic) bond motifs is 2. The van der Waals surface area contributed by atoms with Crippen LogP contribution in [0.3, 0.4) is 0 Å². The quantitative estimate of drug-likeness (QED) is 0.501. The number of nitrogens with zero attached hydrogens (tertiary/aromatic N) is 4. The number of aromatic nitrogens is 4. The average Bonchev–Trinajstić information content (AvgIpc) is 3.15. The highest BCUT2D eigenvalue weighted by molar-refractivity contribution is 7.99. The minimum absolute atomic E-state index is 0.422. The molecule has 1 aliphatic heterocycles. The van der Waals surface area contributed by atoms with Gasteiger partial charge in [0.1, 0.15) is 18.8 Å². The van der Waals surface area contributed by atoms with Crippen molar-refractivity contribution in [3.8, 4) is 17.2 Å². The fourth-order valence-electron chi connectivity index (χ4n) is 2.83. The molecule has 8 nitrogen and oxygen atoms in total. The maximum absolute atomic E-state index is 11.9. The van der Waals surface area contributed by atoms with Crippen molar-refractivity contribution in [2.75, 3.05) is 13.2 Å². The van der Waals surface area contributed by atoms with Crippen LogP contribution in [0.4, 0.5) is 0 Å². The third kappa shape index (κ3) is 2.91. The van der Waals surface area contributed by atoms with Crippen LogP contribution in [0.2, 0.25) is 0 Å². The van der Waals surface area contributed by atoms with Crippen LogP contribution < -0.4 is 15.1 Å². The number of ether oxygens (including phenoxy) is 2. The Labute approximate surface area is 156 Å².